The lowest BCUT2D eigenvalue weighted by Crippen LogP contribution is -2.36. The Hall–Kier alpha value is -1.95. The second-order valence-electron chi connectivity index (χ2n) is 6.52. The molecule has 0 spiro atoms. The highest BCUT2D eigenvalue weighted by Gasteiger charge is 2.13. The summed E-state index contributed by atoms with van der Waals surface area (Å²) in [4.78, 5) is 16.3. The smallest absolute Gasteiger partial charge is 0.317 e. The second-order valence-corrected chi connectivity index (χ2v) is 7.36. The average Bonchev–Trinajstić information content (AvgIpc) is 2.68. The van der Waals surface area contributed by atoms with Crippen LogP contribution in [0.5, 0.6) is 0 Å². The number of carbonyl (C=O) groups is 1. The van der Waals surface area contributed by atoms with Crippen LogP contribution in [0, 0.1) is 0 Å². The molecule has 0 radical (unpaired) electrons. The number of nitrogens with zero attached hydrogens (tertiary/aromatic N) is 2. The molecule has 1 aliphatic rings. The zero-order valence-corrected chi connectivity index (χ0v) is 16.8. The van der Waals surface area contributed by atoms with Crippen LogP contribution in [0.4, 0.5) is 10.5 Å². The van der Waals surface area contributed by atoms with Crippen molar-refractivity contribution in [1.82, 2.24) is 10.2 Å². The Bertz CT molecular complexity index is 777. The fourth-order valence-corrected chi connectivity index (χ4v) is 3.43. The van der Waals surface area contributed by atoms with Crippen LogP contribution in [-0.4, -0.2) is 44.3 Å². The van der Waals surface area contributed by atoms with Crippen LogP contribution in [0.3, 0.4) is 0 Å². The number of halogens is 2. The van der Waals surface area contributed by atoms with Crippen molar-refractivity contribution in [3.05, 3.63) is 63.6 Å². The van der Waals surface area contributed by atoms with Gasteiger partial charge in [0.2, 0.25) is 0 Å². The Balaban J connectivity index is 1.51. The number of nitrogens with one attached hydrogen (secondary N) is 1. The molecule has 2 aromatic carbocycles. The molecule has 0 unspecified atom stereocenters. The van der Waals surface area contributed by atoms with E-state index in [1.165, 1.54) is 5.69 Å². The topological polar surface area (TPSA) is 44.8 Å². The van der Waals surface area contributed by atoms with Crippen molar-refractivity contribution in [1.29, 1.82) is 0 Å². The molecule has 2 aromatic rings. The second kappa shape index (κ2) is 9.31. The zero-order valence-electron chi connectivity index (χ0n) is 15.3. The molecule has 0 aliphatic carbocycles. The van der Waals surface area contributed by atoms with E-state index in [2.05, 4.69) is 34.5 Å². The fourth-order valence-electron chi connectivity index (χ4n) is 2.95. The maximum absolute atomic E-state index is 12.3. The van der Waals surface area contributed by atoms with Crippen molar-refractivity contribution in [2.45, 2.75) is 13.1 Å². The summed E-state index contributed by atoms with van der Waals surface area (Å²) in [5.74, 6) is 0. The Morgan fingerprint density at radius 2 is 1.85 bits per heavy atom. The van der Waals surface area contributed by atoms with Crippen LogP contribution in [0.2, 0.25) is 10.0 Å². The van der Waals surface area contributed by atoms with Gasteiger partial charge in [0, 0.05) is 49.0 Å². The SMILES string of the molecule is CN(Cc1ccc(N2CCOCC2)cc1)C(=O)NCc1ccc(Cl)cc1Cl. The molecule has 1 N–H and O–H groups in total. The van der Waals surface area contributed by atoms with Gasteiger partial charge in [-0.25, -0.2) is 4.79 Å². The normalized spacial score (nSPS) is 14.1. The molecule has 5 nitrogen and oxygen atoms in total. The minimum atomic E-state index is -0.154. The Labute approximate surface area is 169 Å². The van der Waals surface area contributed by atoms with Crippen LogP contribution in [0.25, 0.3) is 0 Å². The van der Waals surface area contributed by atoms with Gasteiger partial charge in [-0.3, -0.25) is 0 Å². The molecule has 3 rings (SSSR count). The average molecular weight is 408 g/mol. The fraction of sp³-hybridized carbons (Fsp3) is 0.350. The summed E-state index contributed by atoms with van der Waals surface area (Å²) in [6, 6.07) is 13.4. The van der Waals surface area contributed by atoms with Gasteiger partial charge >= 0.3 is 6.03 Å². The number of anilines is 1. The molecule has 1 saturated heterocycles. The molecule has 1 heterocycles. The highest BCUT2D eigenvalue weighted by Crippen LogP contribution is 2.21. The first-order valence-electron chi connectivity index (χ1n) is 8.87. The summed E-state index contributed by atoms with van der Waals surface area (Å²) >= 11 is 12.0. The number of carbonyl (C=O) groups excluding carboxylic acids is 1. The minimum absolute atomic E-state index is 0.154. The lowest BCUT2D eigenvalue weighted by Gasteiger charge is -2.29. The van der Waals surface area contributed by atoms with Crippen LogP contribution in [0.15, 0.2) is 42.5 Å². The largest absolute Gasteiger partial charge is 0.378 e. The molecule has 27 heavy (non-hydrogen) atoms. The number of rotatable bonds is 5. The van der Waals surface area contributed by atoms with Crippen LogP contribution in [-0.2, 0) is 17.8 Å². The molecule has 7 heteroatoms. The summed E-state index contributed by atoms with van der Waals surface area (Å²) < 4.78 is 5.38. The summed E-state index contributed by atoms with van der Waals surface area (Å²) in [7, 11) is 1.77. The van der Waals surface area contributed by atoms with E-state index in [0.717, 1.165) is 37.4 Å². The first-order valence-corrected chi connectivity index (χ1v) is 9.63. The van der Waals surface area contributed by atoms with E-state index < -0.39 is 0 Å². The summed E-state index contributed by atoms with van der Waals surface area (Å²) in [6.07, 6.45) is 0. The predicted octanol–water partition coefficient (Wildman–Crippen LogP) is 4.17. The van der Waals surface area contributed by atoms with E-state index >= 15 is 0 Å². The molecule has 0 bridgehead atoms. The lowest BCUT2D eigenvalue weighted by atomic mass is 10.2. The van der Waals surface area contributed by atoms with E-state index in [1.54, 1.807) is 24.1 Å². The van der Waals surface area contributed by atoms with E-state index in [-0.39, 0.29) is 6.03 Å². The quantitative estimate of drug-likeness (QED) is 0.808. The number of hydrogen-bond acceptors (Lipinski definition) is 3. The molecule has 1 fully saturated rings. The molecule has 144 valence electrons. The number of hydrogen-bond donors (Lipinski definition) is 1. The van der Waals surface area contributed by atoms with Gasteiger partial charge in [-0.15, -0.1) is 0 Å². The minimum Gasteiger partial charge on any atom is -0.378 e. The summed E-state index contributed by atoms with van der Waals surface area (Å²) in [6.45, 7) is 4.24. The van der Waals surface area contributed by atoms with Crippen LogP contribution < -0.4 is 10.2 Å². The van der Waals surface area contributed by atoms with Gasteiger partial charge in [0.15, 0.2) is 0 Å². The third kappa shape index (κ3) is 5.51. The van der Waals surface area contributed by atoms with Gasteiger partial charge in [-0.05, 0) is 35.4 Å². The lowest BCUT2D eigenvalue weighted by molar-refractivity contribution is 0.122. The van der Waals surface area contributed by atoms with Gasteiger partial charge < -0.3 is 19.9 Å². The number of urea groups is 1. The summed E-state index contributed by atoms with van der Waals surface area (Å²) in [5, 5.41) is 4.00. The molecular formula is C20H23Cl2N3O2. The van der Waals surface area contributed by atoms with Crippen molar-refractivity contribution in [2.75, 3.05) is 38.3 Å². The number of ether oxygens (including phenoxy) is 1. The van der Waals surface area contributed by atoms with Gasteiger partial charge in [0.25, 0.3) is 0 Å². The standard InChI is InChI=1S/C20H23Cl2N3O2/c1-24(20(26)23-13-16-4-5-17(21)12-19(16)22)14-15-2-6-18(7-3-15)25-8-10-27-11-9-25/h2-7,12H,8-11,13-14H2,1H3,(H,23,26). The van der Waals surface area contributed by atoms with Gasteiger partial charge in [-0.1, -0.05) is 41.4 Å². The Kier molecular flexibility index (Phi) is 6.83. The maximum atomic E-state index is 12.3. The Morgan fingerprint density at radius 1 is 1.15 bits per heavy atom. The Morgan fingerprint density at radius 3 is 2.52 bits per heavy atom. The van der Waals surface area contributed by atoms with Crippen molar-refractivity contribution in [3.63, 3.8) is 0 Å². The third-order valence-corrected chi connectivity index (χ3v) is 5.11. The first kappa shape index (κ1) is 19.8. The number of morpholine rings is 1. The highest BCUT2D eigenvalue weighted by molar-refractivity contribution is 6.35. The summed E-state index contributed by atoms with van der Waals surface area (Å²) in [5.41, 5.74) is 3.10. The van der Waals surface area contributed by atoms with Gasteiger partial charge in [0.1, 0.15) is 0 Å². The van der Waals surface area contributed by atoms with Gasteiger partial charge in [-0.2, -0.15) is 0 Å². The molecule has 2 amide bonds. The van der Waals surface area contributed by atoms with Crippen molar-refractivity contribution < 1.29 is 9.53 Å². The first-order chi connectivity index (χ1) is 13.0. The van der Waals surface area contributed by atoms with Crippen LogP contribution >= 0.6 is 23.2 Å². The number of amides is 2. The molecule has 0 atom stereocenters. The molecular weight excluding hydrogens is 385 g/mol. The van der Waals surface area contributed by atoms with E-state index in [4.69, 9.17) is 27.9 Å². The van der Waals surface area contributed by atoms with E-state index in [0.29, 0.717) is 23.1 Å². The third-order valence-electron chi connectivity index (χ3n) is 4.52. The van der Waals surface area contributed by atoms with Crippen molar-refractivity contribution in [3.8, 4) is 0 Å². The van der Waals surface area contributed by atoms with Crippen molar-refractivity contribution >= 4 is 34.9 Å². The van der Waals surface area contributed by atoms with Crippen LogP contribution in [0.1, 0.15) is 11.1 Å². The van der Waals surface area contributed by atoms with E-state index in [1.807, 2.05) is 6.07 Å². The maximum Gasteiger partial charge on any atom is 0.317 e. The predicted molar refractivity (Wildman–Crippen MR) is 110 cm³/mol. The monoisotopic (exact) mass is 407 g/mol. The van der Waals surface area contributed by atoms with Crippen molar-refractivity contribution in [2.24, 2.45) is 0 Å². The van der Waals surface area contributed by atoms with Gasteiger partial charge in [0.05, 0.1) is 13.2 Å². The number of benzene rings is 2. The molecule has 0 saturated carbocycles. The molecule has 1 aliphatic heterocycles. The molecule has 0 aromatic heterocycles. The zero-order chi connectivity index (χ0) is 19.2. The van der Waals surface area contributed by atoms with E-state index in [9.17, 15) is 4.79 Å². The highest BCUT2D eigenvalue weighted by atomic mass is 35.5.